The van der Waals surface area contributed by atoms with E-state index < -0.39 is 0 Å². The van der Waals surface area contributed by atoms with Crippen molar-refractivity contribution < 1.29 is 9.47 Å². The molecule has 0 unspecified atom stereocenters. The van der Waals surface area contributed by atoms with E-state index in [1.807, 2.05) is 19.1 Å². The zero-order valence-corrected chi connectivity index (χ0v) is 9.11. The van der Waals surface area contributed by atoms with E-state index in [1.165, 1.54) is 0 Å². The molecule has 15 heavy (non-hydrogen) atoms. The summed E-state index contributed by atoms with van der Waals surface area (Å²) in [6.07, 6.45) is 1.78. The van der Waals surface area contributed by atoms with Gasteiger partial charge in [0.15, 0.2) is 0 Å². The molecule has 0 aromatic carbocycles. The van der Waals surface area contributed by atoms with Crippen LogP contribution in [0.5, 0.6) is 0 Å². The maximum Gasteiger partial charge on any atom is 0.0889 e. The van der Waals surface area contributed by atoms with E-state index in [4.69, 9.17) is 15.2 Å². The number of hydrogen-bond donors (Lipinski definition) is 1. The average molecular weight is 210 g/mol. The summed E-state index contributed by atoms with van der Waals surface area (Å²) in [6, 6.07) is 3.90. The van der Waals surface area contributed by atoms with Crippen molar-refractivity contribution >= 4 is 0 Å². The van der Waals surface area contributed by atoms with Gasteiger partial charge in [-0.05, 0) is 18.6 Å². The fourth-order valence-electron chi connectivity index (χ4n) is 1.10. The molecule has 84 valence electrons. The number of hydrogen-bond acceptors (Lipinski definition) is 4. The molecular formula is C11H18N2O2. The molecule has 0 saturated heterocycles. The third-order valence-electron chi connectivity index (χ3n) is 1.95. The zero-order chi connectivity index (χ0) is 10.9. The molecule has 1 rings (SSSR count). The molecule has 0 aliphatic heterocycles. The first-order valence-corrected chi connectivity index (χ1v) is 5.16. The lowest BCUT2D eigenvalue weighted by molar-refractivity contribution is 0.0441. The van der Waals surface area contributed by atoms with Gasteiger partial charge < -0.3 is 15.2 Å². The number of pyridine rings is 1. The summed E-state index contributed by atoms with van der Waals surface area (Å²) in [5.74, 6) is 0. The monoisotopic (exact) mass is 210 g/mol. The first-order chi connectivity index (χ1) is 7.36. The Labute approximate surface area is 90.4 Å². The van der Waals surface area contributed by atoms with Gasteiger partial charge in [-0.15, -0.1) is 0 Å². The van der Waals surface area contributed by atoms with E-state index in [0.717, 1.165) is 17.9 Å². The van der Waals surface area contributed by atoms with Crippen molar-refractivity contribution in [3.05, 3.63) is 29.6 Å². The van der Waals surface area contributed by atoms with Gasteiger partial charge in [0.25, 0.3) is 0 Å². The minimum atomic E-state index is 0.526. The largest absolute Gasteiger partial charge is 0.379 e. The summed E-state index contributed by atoms with van der Waals surface area (Å²) in [4.78, 5) is 4.22. The predicted molar refractivity (Wildman–Crippen MR) is 58.3 cm³/mol. The molecule has 0 saturated carbocycles. The Morgan fingerprint density at radius 1 is 1.27 bits per heavy atom. The first kappa shape index (κ1) is 12.1. The van der Waals surface area contributed by atoms with Gasteiger partial charge >= 0.3 is 0 Å². The smallest absolute Gasteiger partial charge is 0.0889 e. The molecule has 0 radical (unpaired) electrons. The maximum atomic E-state index is 5.47. The SMILES string of the molecule is CCOCCOCc1ccc(CN)cn1. The van der Waals surface area contributed by atoms with Gasteiger partial charge in [-0.1, -0.05) is 6.07 Å². The van der Waals surface area contributed by atoms with Crippen LogP contribution in [0.25, 0.3) is 0 Å². The number of aromatic nitrogens is 1. The summed E-state index contributed by atoms with van der Waals surface area (Å²) in [5, 5.41) is 0. The van der Waals surface area contributed by atoms with Crippen molar-refractivity contribution in [1.82, 2.24) is 4.98 Å². The molecule has 1 aromatic rings. The molecule has 0 amide bonds. The van der Waals surface area contributed by atoms with Gasteiger partial charge in [0.05, 0.1) is 25.5 Å². The van der Waals surface area contributed by atoms with Crippen molar-refractivity contribution in [3.8, 4) is 0 Å². The number of nitrogens with zero attached hydrogens (tertiary/aromatic N) is 1. The number of nitrogens with two attached hydrogens (primary N) is 1. The summed E-state index contributed by atoms with van der Waals surface area (Å²) >= 11 is 0. The van der Waals surface area contributed by atoms with Gasteiger partial charge in [-0.3, -0.25) is 4.98 Å². The van der Waals surface area contributed by atoms with Crippen LogP contribution in [0.3, 0.4) is 0 Å². The van der Waals surface area contributed by atoms with Gasteiger partial charge in [-0.25, -0.2) is 0 Å². The highest BCUT2D eigenvalue weighted by Gasteiger charge is 1.95. The minimum absolute atomic E-state index is 0.526. The highest BCUT2D eigenvalue weighted by molar-refractivity contribution is 5.13. The summed E-state index contributed by atoms with van der Waals surface area (Å²) in [6.45, 7) is 4.99. The topological polar surface area (TPSA) is 57.4 Å². The van der Waals surface area contributed by atoms with Crippen LogP contribution in [-0.4, -0.2) is 24.8 Å². The van der Waals surface area contributed by atoms with Crippen LogP contribution in [0, 0.1) is 0 Å². The molecule has 0 aliphatic carbocycles. The number of ether oxygens (including phenoxy) is 2. The standard InChI is InChI=1S/C11H18N2O2/c1-2-14-5-6-15-9-11-4-3-10(7-12)8-13-11/h3-4,8H,2,5-7,9,12H2,1H3. The highest BCUT2D eigenvalue weighted by atomic mass is 16.5. The van der Waals surface area contributed by atoms with E-state index >= 15 is 0 Å². The van der Waals surface area contributed by atoms with Crippen molar-refractivity contribution in [3.63, 3.8) is 0 Å². The molecule has 0 spiro atoms. The van der Waals surface area contributed by atoms with Crippen LogP contribution in [0.1, 0.15) is 18.2 Å². The van der Waals surface area contributed by atoms with Crippen LogP contribution < -0.4 is 5.73 Å². The van der Waals surface area contributed by atoms with Crippen LogP contribution in [0.4, 0.5) is 0 Å². The Balaban J connectivity index is 2.20. The van der Waals surface area contributed by atoms with Crippen LogP contribution >= 0.6 is 0 Å². The second-order valence-corrected chi connectivity index (χ2v) is 3.11. The van der Waals surface area contributed by atoms with Crippen molar-refractivity contribution in [2.24, 2.45) is 5.73 Å². The van der Waals surface area contributed by atoms with Crippen LogP contribution in [0.2, 0.25) is 0 Å². The molecule has 4 nitrogen and oxygen atoms in total. The zero-order valence-electron chi connectivity index (χ0n) is 9.11. The molecular weight excluding hydrogens is 192 g/mol. The number of rotatable bonds is 7. The van der Waals surface area contributed by atoms with E-state index in [2.05, 4.69) is 4.98 Å². The molecule has 2 N–H and O–H groups in total. The van der Waals surface area contributed by atoms with Crippen molar-refractivity contribution in [1.29, 1.82) is 0 Å². The molecule has 0 fully saturated rings. The molecule has 0 aliphatic rings. The predicted octanol–water partition coefficient (Wildman–Crippen LogP) is 1.09. The van der Waals surface area contributed by atoms with Gasteiger partial charge in [0.2, 0.25) is 0 Å². The highest BCUT2D eigenvalue weighted by Crippen LogP contribution is 2.00. The molecule has 1 heterocycles. The molecule has 1 aromatic heterocycles. The van der Waals surface area contributed by atoms with Crippen LogP contribution in [0.15, 0.2) is 18.3 Å². The Morgan fingerprint density at radius 3 is 2.67 bits per heavy atom. The quantitative estimate of drug-likeness (QED) is 0.684. The maximum absolute atomic E-state index is 5.47. The second-order valence-electron chi connectivity index (χ2n) is 3.11. The Bertz CT molecular complexity index is 262. The third-order valence-corrected chi connectivity index (χ3v) is 1.95. The van der Waals surface area contributed by atoms with E-state index in [1.54, 1.807) is 6.20 Å². The average Bonchev–Trinajstić information content (AvgIpc) is 2.30. The lowest BCUT2D eigenvalue weighted by Crippen LogP contribution is -2.05. The molecule has 0 bridgehead atoms. The molecule has 4 heteroatoms. The third kappa shape index (κ3) is 4.88. The normalized spacial score (nSPS) is 10.5. The van der Waals surface area contributed by atoms with Crippen molar-refractivity contribution in [2.75, 3.05) is 19.8 Å². The molecule has 0 atom stereocenters. The van der Waals surface area contributed by atoms with Gasteiger partial charge in [-0.2, -0.15) is 0 Å². The lowest BCUT2D eigenvalue weighted by Gasteiger charge is -2.04. The van der Waals surface area contributed by atoms with E-state index in [9.17, 15) is 0 Å². The Kier molecular flexibility index (Phi) is 5.92. The fraction of sp³-hybridized carbons (Fsp3) is 0.545. The van der Waals surface area contributed by atoms with Gasteiger partial charge in [0, 0.05) is 19.3 Å². The summed E-state index contributed by atoms with van der Waals surface area (Å²) < 4.78 is 10.5. The van der Waals surface area contributed by atoms with E-state index in [-0.39, 0.29) is 0 Å². The Hall–Kier alpha value is -0.970. The van der Waals surface area contributed by atoms with Crippen LogP contribution in [-0.2, 0) is 22.6 Å². The van der Waals surface area contributed by atoms with E-state index in [0.29, 0.717) is 26.4 Å². The van der Waals surface area contributed by atoms with Crippen molar-refractivity contribution in [2.45, 2.75) is 20.1 Å². The fourth-order valence-corrected chi connectivity index (χ4v) is 1.10. The first-order valence-electron chi connectivity index (χ1n) is 5.16. The minimum Gasteiger partial charge on any atom is -0.379 e. The Morgan fingerprint density at radius 2 is 2.07 bits per heavy atom. The lowest BCUT2D eigenvalue weighted by atomic mass is 10.2. The summed E-state index contributed by atoms with van der Waals surface area (Å²) in [7, 11) is 0. The second kappa shape index (κ2) is 7.34. The summed E-state index contributed by atoms with van der Waals surface area (Å²) in [5.41, 5.74) is 7.42. The van der Waals surface area contributed by atoms with Gasteiger partial charge in [0.1, 0.15) is 0 Å².